The topological polar surface area (TPSA) is 51.2 Å². The van der Waals surface area contributed by atoms with Gasteiger partial charge in [-0.25, -0.2) is 0 Å². The molecule has 4 aliphatic rings. The van der Waals surface area contributed by atoms with E-state index in [4.69, 9.17) is 0 Å². The highest BCUT2D eigenvalue weighted by Gasteiger charge is 2.68. The summed E-state index contributed by atoms with van der Waals surface area (Å²) in [5.74, 6) is 0.141. The van der Waals surface area contributed by atoms with Crippen molar-refractivity contribution in [2.75, 3.05) is 0 Å². The van der Waals surface area contributed by atoms with E-state index in [-0.39, 0.29) is 58.8 Å². The summed E-state index contributed by atoms with van der Waals surface area (Å²) in [7, 11) is 0. The normalized spacial score (nSPS) is 54.8. The van der Waals surface area contributed by atoms with Gasteiger partial charge in [0.25, 0.3) is 0 Å². The highest BCUT2D eigenvalue weighted by molar-refractivity contribution is 6.07. The van der Waals surface area contributed by atoms with Gasteiger partial charge in [-0.1, -0.05) is 32.9 Å². The summed E-state index contributed by atoms with van der Waals surface area (Å²) in [6.45, 7) is 6.08. The summed E-state index contributed by atoms with van der Waals surface area (Å²) in [6.07, 6.45) is 5.47. The number of rotatable bonds is 0. The van der Waals surface area contributed by atoms with E-state index in [2.05, 4.69) is 19.1 Å². The maximum Gasteiger partial charge on any atom is 0.144 e. The maximum absolute atomic E-state index is 13.3. The second-order valence-corrected chi connectivity index (χ2v) is 7.88. The van der Waals surface area contributed by atoms with Gasteiger partial charge in [0.15, 0.2) is 0 Å². The standard InChI is InChI=1S/C18H22O3/c1-8-4-5-9(2)18(3)15(8)16(20)14-11-6-10(7-12(11)19)13(14)17(18)21/h4-5,8-11,13-15H,6-7H2,1-3H3/t8-,9+,10-,11+,13?,14?,15-,18+/m0/s1. The van der Waals surface area contributed by atoms with E-state index in [1.54, 1.807) is 0 Å². The number of fused-ring (bicyclic) bond motifs is 6. The second kappa shape index (κ2) is 3.93. The van der Waals surface area contributed by atoms with Crippen LogP contribution >= 0.6 is 0 Å². The van der Waals surface area contributed by atoms with Crippen molar-refractivity contribution in [3.63, 3.8) is 0 Å². The molecule has 0 spiro atoms. The monoisotopic (exact) mass is 286 g/mol. The first-order valence-corrected chi connectivity index (χ1v) is 8.16. The number of carbonyl (C=O) groups is 3. The third-order valence-electron chi connectivity index (χ3n) is 7.05. The second-order valence-electron chi connectivity index (χ2n) is 7.88. The molecule has 112 valence electrons. The molecule has 3 fully saturated rings. The van der Waals surface area contributed by atoms with Gasteiger partial charge in [0.2, 0.25) is 0 Å². The third-order valence-corrected chi connectivity index (χ3v) is 7.05. The van der Waals surface area contributed by atoms with Crippen molar-refractivity contribution in [3.8, 4) is 0 Å². The van der Waals surface area contributed by atoms with Crippen molar-refractivity contribution in [3.05, 3.63) is 12.2 Å². The van der Waals surface area contributed by atoms with E-state index >= 15 is 0 Å². The Kier molecular flexibility index (Phi) is 2.51. The van der Waals surface area contributed by atoms with Crippen LogP contribution in [0, 0.1) is 46.8 Å². The minimum absolute atomic E-state index is 0.0952. The van der Waals surface area contributed by atoms with Gasteiger partial charge in [-0.15, -0.1) is 0 Å². The molecule has 21 heavy (non-hydrogen) atoms. The van der Waals surface area contributed by atoms with Gasteiger partial charge in [-0.2, -0.15) is 0 Å². The van der Waals surface area contributed by atoms with Crippen LogP contribution in [-0.4, -0.2) is 17.3 Å². The molecule has 3 saturated carbocycles. The molecule has 0 saturated heterocycles. The molecule has 8 atom stereocenters. The van der Waals surface area contributed by atoms with Gasteiger partial charge < -0.3 is 0 Å². The van der Waals surface area contributed by atoms with E-state index in [0.717, 1.165) is 6.42 Å². The zero-order chi connectivity index (χ0) is 15.1. The Morgan fingerprint density at radius 2 is 1.81 bits per heavy atom. The average molecular weight is 286 g/mol. The predicted octanol–water partition coefficient (Wildman–Crippen LogP) is 2.44. The van der Waals surface area contributed by atoms with E-state index in [1.807, 2.05) is 13.8 Å². The smallest absolute Gasteiger partial charge is 0.144 e. The third kappa shape index (κ3) is 1.38. The van der Waals surface area contributed by atoms with Crippen LogP contribution in [-0.2, 0) is 14.4 Å². The van der Waals surface area contributed by atoms with Crippen LogP contribution in [0.15, 0.2) is 12.2 Å². The number of carbonyl (C=O) groups excluding carboxylic acids is 3. The largest absolute Gasteiger partial charge is 0.299 e. The van der Waals surface area contributed by atoms with Gasteiger partial charge in [0.05, 0.1) is 0 Å². The Bertz CT molecular complexity index is 589. The molecule has 0 aromatic rings. The number of hydrogen-bond donors (Lipinski definition) is 0. The number of hydrogen-bond acceptors (Lipinski definition) is 3. The summed E-state index contributed by atoms with van der Waals surface area (Å²) in [5.41, 5.74) is -0.569. The molecule has 4 rings (SSSR count). The molecule has 0 aliphatic heterocycles. The van der Waals surface area contributed by atoms with Crippen LogP contribution < -0.4 is 0 Å². The van der Waals surface area contributed by atoms with Crippen molar-refractivity contribution < 1.29 is 14.4 Å². The molecule has 0 amide bonds. The molecule has 3 heteroatoms. The van der Waals surface area contributed by atoms with Crippen LogP contribution in [0.1, 0.15) is 33.6 Å². The number of ketones is 3. The summed E-state index contributed by atoms with van der Waals surface area (Å²) in [4.78, 5) is 38.5. The van der Waals surface area contributed by atoms with E-state index in [1.165, 1.54) is 0 Å². The molecule has 0 aromatic heterocycles. The molecule has 2 bridgehead atoms. The Balaban J connectivity index is 1.85. The average Bonchev–Trinajstić information content (AvgIpc) is 2.97. The highest BCUT2D eigenvalue weighted by atomic mass is 16.2. The fourth-order valence-corrected chi connectivity index (χ4v) is 5.85. The lowest BCUT2D eigenvalue weighted by atomic mass is 9.48. The predicted molar refractivity (Wildman–Crippen MR) is 77.3 cm³/mol. The molecule has 3 nitrogen and oxygen atoms in total. The van der Waals surface area contributed by atoms with Crippen molar-refractivity contribution in [2.24, 2.45) is 46.8 Å². The molecule has 0 heterocycles. The van der Waals surface area contributed by atoms with Crippen molar-refractivity contribution in [1.29, 1.82) is 0 Å². The number of Topliss-reactive ketones (excluding diaryl/α,β-unsaturated/α-hetero) is 3. The molecular formula is C18H22O3. The first kappa shape index (κ1) is 13.4. The minimum Gasteiger partial charge on any atom is -0.299 e. The summed E-state index contributed by atoms with van der Waals surface area (Å²) >= 11 is 0. The van der Waals surface area contributed by atoms with E-state index < -0.39 is 5.41 Å². The van der Waals surface area contributed by atoms with Crippen molar-refractivity contribution in [1.82, 2.24) is 0 Å². The number of allylic oxidation sites excluding steroid dienone is 2. The molecule has 2 unspecified atom stereocenters. The Morgan fingerprint density at radius 3 is 2.52 bits per heavy atom. The first-order valence-electron chi connectivity index (χ1n) is 8.16. The van der Waals surface area contributed by atoms with Gasteiger partial charge >= 0.3 is 0 Å². The van der Waals surface area contributed by atoms with Crippen LogP contribution in [0.25, 0.3) is 0 Å². The van der Waals surface area contributed by atoms with Gasteiger partial charge in [0, 0.05) is 35.5 Å². The zero-order valence-corrected chi connectivity index (χ0v) is 12.8. The van der Waals surface area contributed by atoms with Gasteiger partial charge in [0.1, 0.15) is 17.3 Å². The Labute approximate surface area is 125 Å². The lowest BCUT2D eigenvalue weighted by Crippen LogP contribution is -2.60. The van der Waals surface area contributed by atoms with Crippen LogP contribution in [0.2, 0.25) is 0 Å². The van der Waals surface area contributed by atoms with E-state index in [0.29, 0.717) is 6.42 Å². The Morgan fingerprint density at radius 1 is 1.10 bits per heavy atom. The summed E-state index contributed by atoms with van der Waals surface area (Å²) in [6, 6.07) is 0. The molecule has 0 N–H and O–H groups in total. The quantitative estimate of drug-likeness (QED) is 0.643. The van der Waals surface area contributed by atoms with Gasteiger partial charge in [-0.3, -0.25) is 14.4 Å². The van der Waals surface area contributed by atoms with E-state index in [9.17, 15) is 14.4 Å². The molecule has 0 radical (unpaired) electrons. The molecule has 0 aromatic carbocycles. The summed E-state index contributed by atoms with van der Waals surface area (Å²) in [5, 5.41) is 0. The van der Waals surface area contributed by atoms with Crippen LogP contribution in [0.3, 0.4) is 0 Å². The van der Waals surface area contributed by atoms with Crippen molar-refractivity contribution in [2.45, 2.75) is 33.6 Å². The SMILES string of the molecule is C[C@@H]1C=C[C@H](C)[C@H]2C(=O)C3C(C(=O)[C@]12C)[C@@H]1CC(=O)[C@H]3C1. The molecular weight excluding hydrogens is 264 g/mol. The van der Waals surface area contributed by atoms with Crippen LogP contribution in [0.5, 0.6) is 0 Å². The fourth-order valence-electron chi connectivity index (χ4n) is 5.85. The minimum atomic E-state index is -0.569. The molecule has 4 aliphatic carbocycles. The fraction of sp³-hybridized carbons (Fsp3) is 0.722. The Hall–Kier alpha value is -1.25. The lowest BCUT2D eigenvalue weighted by Gasteiger charge is -2.52. The highest BCUT2D eigenvalue weighted by Crippen LogP contribution is 2.61. The first-order chi connectivity index (χ1) is 9.87. The van der Waals surface area contributed by atoms with Gasteiger partial charge in [-0.05, 0) is 24.2 Å². The lowest BCUT2D eigenvalue weighted by molar-refractivity contribution is -0.163. The maximum atomic E-state index is 13.3. The van der Waals surface area contributed by atoms with Crippen LogP contribution in [0.4, 0.5) is 0 Å². The zero-order valence-electron chi connectivity index (χ0n) is 12.8. The summed E-state index contributed by atoms with van der Waals surface area (Å²) < 4.78 is 0. The van der Waals surface area contributed by atoms with Crippen molar-refractivity contribution >= 4 is 17.3 Å².